The second-order valence-corrected chi connectivity index (χ2v) is 14.0. The number of fused-ring (bicyclic) bond motifs is 2. The van der Waals surface area contributed by atoms with E-state index in [1.54, 1.807) is 84.9 Å². The van der Waals surface area contributed by atoms with Crippen LogP contribution in [0.2, 0.25) is 25.1 Å². The Kier molecular flexibility index (Phi) is 10.9. The topological polar surface area (TPSA) is 141 Å². The zero-order valence-electron chi connectivity index (χ0n) is 27.9. The molecular formula is C40H23Cl5N6O4. The average molecular weight is 829 g/mol. The van der Waals surface area contributed by atoms with E-state index in [1.165, 1.54) is 30.4 Å². The van der Waals surface area contributed by atoms with E-state index in [1.807, 2.05) is 0 Å². The fourth-order valence-corrected chi connectivity index (χ4v) is 6.55. The Morgan fingerprint density at radius 2 is 0.964 bits per heavy atom. The molecule has 2 aliphatic rings. The molecule has 5 aromatic carbocycles. The van der Waals surface area contributed by atoms with Gasteiger partial charge in [0.15, 0.2) is 0 Å². The monoisotopic (exact) mass is 826 g/mol. The van der Waals surface area contributed by atoms with Crippen LogP contribution in [-0.4, -0.2) is 34.8 Å². The number of nitrogens with one attached hydrogen (secondary N) is 4. The number of hydrazone groups is 2. The molecule has 10 nitrogen and oxygen atoms in total. The van der Waals surface area contributed by atoms with Gasteiger partial charge in [0, 0.05) is 26.9 Å². The molecule has 0 fully saturated rings. The summed E-state index contributed by atoms with van der Waals surface area (Å²) >= 11 is 31.3. The van der Waals surface area contributed by atoms with Gasteiger partial charge in [-0.05, 0) is 77.9 Å². The van der Waals surface area contributed by atoms with E-state index >= 15 is 0 Å². The van der Waals surface area contributed by atoms with Crippen molar-refractivity contribution in [3.8, 4) is 0 Å². The summed E-state index contributed by atoms with van der Waals surface area (Å²) < 4.78 is 0. The van der Waals surface area contributed by atoms with Crippen LogP contribution >= 0.6 is 58.0 Å². The van der Waals surface area contributed by atoms with Gasteiger partial charge in [-0.15, -0.1) is 0 Å². The molecule has 0 radical (unpaired) electrons. The summed E-state index contributed by atoms with van der Waals surface area (Å²) in [5.74, 6) is -2.76. The number of anilines is 4. The maximum Gasteiger partial charge on any atom is 0.259 e. The summed E-state index contributed by atoms with van der Waals surface area (Å²) in [6.07, 6.45) is 2.93. The lowest BCUT2D eigenvalue weighted by molar-refractivity contribution is -0.118. The van der Waals surface area contributed by atoms with E-state index in [9.17, 15) is 19.2 Å². The fourth-order valence-electron chi connectivity index (χ4n) is 5.66. The van der Waals surface area contributed by atoms with Crippen LogP contribution in [0.25, 0.3) is 12.2 Å². The number of amides is 2. The van der Waals surface area contributed by atoms with Crippen LogP contribution in [0.1, 0.15) is 22.3 Å². The zero-order valence-corrected chi connectivity index (χ0v) is 31.7. The molecule has 2 amide bonds. The minimum atomic E-state index is -0.747. The number of rotatable bonds is 8. The summed E-state index contributed by atoms with van der Waals surface area (Å²) in [6, 6.07) is 27.8. The molecule has 2 aliphatic carbocycles. The third kappa shape index (κ3) is 8.05. The second kappa shape index (κ2) is 15.9. The molecule has 0 unspecified atom stereocenters. The van der Waals surface area contributed by atoms with Crippen molar-refractivity contribution >= 4 is 128 Å². The van der Waals surface area contributed by atoms with Gasteiger partial charge in [0.2, 0.25) is 11.6 Å². The van der Waals surface area contributed by atoms with Gasteiger partial charge in [-0.1, -0.05) is 107 Å². The van der Waals surface area contributed by atoms with Crippen molar-refractivity contribution in [2.75, 3.05) is 21.5 Å². The molecule has 0 atom stereocenters. The predicted octanol–water partition coefficient (Wildman–Crippen LogP) is 9.80. The molecule has 272 valence electrons. The van der Waals surface area contributed by atoms with Gasteiger partial charge in [-0.3, -0.25) is 30.0 Å². The number of benzene rings is 5. The lowest BCUT2D eigenvalue weighted by atomic mass is 9.89. The first kappa shape index (κ1) is 37.6. The van der Waals surface area contributed by atoms with Gasteiger partial charge >= 0.3 is 0 Å². The number of Topliss-reactive ketones (excluding diaryl/α,β-unsaturated/α-hetero) is 2. The Morgan fingerprint density at radius 3 is 1.45 bits per heavy atom. The SMILES string of the molecule is O=C(Nc1ccc(NC(=O)C2=Cc3ccccc3/C(=N/Nc3cc(Cl)ccc3Cl)C2=O)c(Cl)c1)C1=Cc2ccccc2/C(=N/Nc2cc(Cl)ccc2Cl)C1=O. The summed E-state index contributed by atoms with van der Waals surface area (Å²) in [6.45, 7) is 0. The average Bonchev–Trinajstić information content (AvgIpc) is 3.17. The van der Waals surface area contributed by atoms with Crippen LogP contribution in [0.15, 0.2) is 124 Å². The van der Waals surface area contributed by atoms with Crippen molar-refractivity contribution in [3.05, 3.63) is 162 Å². The highest BCUT2D eigenvalue weighted by atomic mass is 35.5. The third-order valence-electron chi connectivity index (χ3n) is 8.35. The number of hydrogen-bond acceptors (Lipinski definition) is 8. The van der Waals surface area contributed by atoms with E-state index in [0.717, 1.165) is 0 Å². The largest absolute Gasteiger partial charge is 0.322 e. The number of carbonyl (C=O) groups excluding carboxylic acids is 4. The van der Waals surface area contributed by atoms with Crippen LogP contribution in [0.4, 0.5) is 22.7 Å². The zero-order chi connectivity index (χ0) is 38.8. The molecule has 0 saturated carbocycles. The molecule has 4 N–H and O–H groups in total. The van der Waals surface area contributed by atoms with Gasteiger partial charge in [0.05, 0.1) is 43.3 Å². The number of halogens is 5. The summed E-state index contributed by atoms with van der Waals surface area (Å²) in [5.41, 5.74) is 8.45. The summed E-state index contributed by atoms with van der Waals surface area (Å²) in [5, 5.41) is 15.5. The molecule has 0 spiro atoms. The number of carbonyl (C=O) groups is 4. The molecule has 7 rings (SSSR count). The van der Waals surface area contributed by atoms with E-state index in [0.29, 0.717) is 53.7 Å². The van der Waals surface area contributed by atoms with Gasteiger partial charge in [-0.2, -0.15) is 10.2 Å². The molecule has 55 heavy (non-hydrogen) atoms. The number of hydrogen-bond donors (Lipinski definition) is 4. The van der Waals surface area contributed by atoms with Crippen LogP contribution in [0.3, 0.4) is 0 Å². The van der Waals surface area contributed by atoms with Crippen LogP contribution in [0, 0.1) is 0 Å². The van der Waals surface area contributed by atoms with Crippen molar-refractivity contribution in [2.24, 2.45) is 10.2 Å². The van der Waals surface area contributed by atoms with Crippen molar-refractivity contribution < 1.29 is 19.2 Å². The molecule has 0 aromatic heterocycles. The highest BCUT2D eigenvalue weighted by molar-refractivity contribution is 6.60. The van der Waals surface area contributed by atoms with Gasteiger partial charge < -0.3 is 10.6 Å². The Balaban J connectivity index is 1.08. The standard InChI is InChI=1S/C40H23Cl5N6O4/c41-22-9-12-29(43)33(17-22)48-50-35-25-7-3-1-5-20(25)15-27(37(35)52)39(54)46-24-11-14-32(31(45)19-24)47-40(55)28-16-21-6-2-4-8-26(21)36(38(28)53)51-49-34-18-23(42)10-13-30(34)44/h1-19,48-49H,(H,46,54)(H,47,55)/b50-35-,51-36-. The molecule has 15 heteroatoms. The molecular weight excluding hydrogens is 806 g/mol. The van der Waals surface area contributed by atoms with Crippen LogP contribution in [-0.2, 0) is 19.2 Å². The molecule has 5 aromatic rings. The smallest absolute Gasteiger partial charge is 0.259 e. The van der Waals surface area contributed by atoms with Crippen LogP contribution < -0.4 is 21.5 Å². The molecule has 0 aliphatic heterocycles. The molecule has 0 bridgehead atoms. The van der Waals surface area contributed by atoms with E-state index in [2.05, 4.69) is 31.7 Å². The Hall–Kier alpha value is -5.75. The normalized spacial score (nSPS) is 14.8. The first-order valence-corrected chi connectivity index (χ1v) is 18.1. The number of ketones is 2. The Labute approximate surface area is 338 Å². The van der Waals surface area contributed by atoms with E-state index in [-0.39, 0.29) is 39.0 Å². The maximum atomic E-state index is 13.7. The second-order valence-electron chi connectivity index (χ2n) is 11.9. The maximum absolute atomic E-state index is 13.7. The van der Waals surface area contributed by atoms with E-state index < -0.39 is 23.4 Å². The first-order chi connectivity index (χ1) is 26.5. The lowest BCUT2D eigenvalue weighted by Gasteiger charge is -2.19. The minimum absolute atomic E-state index is 0.0122. The van der Waals surface area contributed by atoms with Crippen molar-refractivity contribution in [1.82, 2.24) is 0 Å². The third-order valence-corrected chi connectivity index (χ3v) is 9.79. The van der Waals surface area contributed by atoms with Gasteiger partial charge in [-0.25, -0.2) is 0 Å². The molecule has 0 heterocycles. The van der Waals surface area contributed by atoms with Crippen molar-refractivity contribution in [1.29, 1.82) is 0 Å². The fraction of sp³-hybridized carbons (Fsp3) is 0. The number of nitrogens with zero attached hydrogens (tertiary/aromatic N) is 2. The Morgan fingerprint density at radius 1 is 0.491 bits per heavy atom. The minimum Gasteiger partial charge on any atom is -0.322 e. The van der Waals surface area contributed by atoms with Crippen molar-refractivity contribution in [2.45, 2.75) is 0 Å². The van der Waals surface area contributed by atoms with E-state index in [4.69, 9.17) is 58.0 Å². The van der Waals surface area contributed by atoms with Crippen LogP contribution in [0.5, 0.6) is 0 Å². The highest BCUT2D eigenvalue weighted by Gasteiger charge is 2.32. The van der Waals surface area contributed by atoms with Crippen molar-refractivity contribution in [3.63, 3.8) is 0 Å². The quantitative estimate of drug-likeness (QED) is 0.0907. The highest BCUT2D eigenvalue weighted by Crippen LogP contribution is 2.31. The van der Waals surface area contributed by atoms with Gasteiger partial charge in [0.25, 0.3) is 11.8 Å². The predicted molar refractivity (Wildman–Crippen MR) is 221 cm³/mol. The summed E-state index contributed by atoms with van der Waals surface area (Å²) in [7, 11) is 0. The lowest BCUT2D eigenvalue weighted by Crippen LogP contribution is -2.30. The first-order valence-electron chi connectivity index (χ1n) is 16.2. The Bertz CT molecular complexity index is 2600. The molecule has 0 saturated heterocycles. The van der Waals surface area contributed by atoms with Gasteiger partial charge in [0.1, 0.15) is 11.4 Å². The summed E-state index contributed by atoms with van der Waals surface area (Å²) in [4.78, 5) is 54.4.